The molecule has 0 aliphatic carbocycles. The van der Waals surface area contributed by atoms with Crippen molar-refractivity contribution >= 4 is 23.6 Å². The van der Waals surface area contributed by atoms with Gasteiger partial charge in [-0.15, -0.1) is 0 Å². The van der Waals surface area contributed by atoms with Crippen LogP contribution in [0, 0.1) is 11.7 Å². The Bertz CT molecular complexity index is 910. The average Bonchev–Trinajstić information content (AvgIpc) is 2.84. The third-order valence-electron chi connectivity index (χ3n) is 5.51. The molecular formula is C24H29FN2O4S. The summed E-state index contributed by atoms with van der Waals surface area (Å²) in [5, 5.41) is 2.97. The van der Waals surface area contributed by atoms with E-state index in [4.69, 9.17) is 9.47 Å². The van der Waals surface area contributed by atoms with Crippen LogP contribution in [0.4, 0.5) is 4.39 Å². The molecule has 1 aliphatic heterocycles. The van der Waals surface area contributed by atoms with Crippen LogP contribution in [0.5, 0.6) is 11.5 Å². The van der Waals surface area contributed by atoms with Crippen LogP contribution in [0.2, 0.25) is 0 Å². The zero-order valence-electron chi connectivity index (χ0n) is 18.4. The van der Waals surface area contributed by atoms with Gasteiger partial charge in [-0.25, -0.2) is 4.39 Å². The molecule has 0 bridgehead atoms. The maximum Gasteiger partial charge on any atom is 0.254 e. The first-order valence-corrected chi connectivity index (χ1v) is 11.8. The fraction of sp³-hybridized carbons (Fsp3) is 0.417. The Morgan fingerprint density at radius 2 is 1.75 bits per heavy atom. The molecule has 3 rings (SSSR count). The number of benzene rings is 2. The number of piperidine rings is 1. The molecule has 32 heavy (non-hydrogen) atoms. The van der Waals surface area contributed by atoms with E-state index in [9.17, 15) is 14.0 Å². The molecule has 0 aromatic heterocycles. The Kier molecular flexibility index (Phi) is 8.79. The Morgan fingerprint density at radius 3 is 2.38 bits per heavy atom. The third kappa shape index (κ3) is 6.38. The minimum Gasteiger partial charge on any atom is -0.497 e. The molecule has 0 spiro atoms. The lowest BCUT2D eigenvalue weighted by atomic mass is 9.95. The van der Waals surface area contributed by atoms with Crippen LogP contribution in [0.15, 0.2) is 42.5 Å². The lowest BCUT2D eigenvalue weighted by Crippen LogP contribution is -2.43. The van der Waals surface area contributed by atoms with Crippen molar-refractivity contribution in [2.24, 2.45) is 5.92 Å². The minimum absolute atomic E-state index is 0.0200. The number of nitrogens with zero attached hydrogens (tertiary/aromatic N) is 1. The first-order valence-electron chi connectivity index (χ1n) is 10.6. The number of hydrogen-bond donors (Lipinski definition) is 1. The monoisotopic (exact) mass is 460 g/mol. The highest BCUT2D eigenvalue weighted by Crippen LogP contribution is 2.25. The zero-order valence-corrected chi connectivity index (χ0v) is 19.3. The van der Waals surface area contributed by atoms with Gasteiger partial charge in [-0.1, -0.05) is 18.2 Å². The summed E-state index contributed by atoms with van der Waals surface area (Å²) in [5.41, 5.74) is 1.19. The summed E-state index contributed by atoms with van der Waals surface area (Å²) < 4.78 is 24.1. The molecule has 0 radical (unpaired) electrons. The van der Waals surface area contributed by atoms with Crippen molar-refractivity contribution in [1.29, 1.82) is 0 Å². The molecule has 0 atom stereocenters. The van der Waals surface area contributed by atoms with Gasteiger partial charge in [-0.3, -0.25) is 9.59 Å². The lowest BCUT2D eigenvalue weighted by molar-refractivity contribution is -0.126. The van der Waals surface area contributed by atoms with E-state index in [1.54, 1.807) is 61.2 Å². The van der Waals surface area contributed by atoms with Gasteiger partial charge in [0.15, 0.2) is 0 Å². The van der Waals surface area contributed by atoms with Crippen LogP contribution in [0.1, 0.15) is 28.8 Å². The summed E-state index contributed by atoms with van der Waals surface area (Å²) in [4.78, 5) is 27.1. The van der Waals surface area contributed by atoms with Crippen LogP contribution in [-0.4, -0.2) is 56.3 Å². The number of ether oxygens (including phenoxy) is 2. The van der Waals surface area contributed by atoms with Crippen molar-refractivity contribution in [3.05, 3.63) is 59.4 Å². The largest absolute Gasteiger partial charge is 0.497 e. The molecule has 2 aromatic carbocycles. The van der Waals surface area contributed by atoms with E-state index < -0.39 is 0 Å². The summed E-state index contributed by atoms with van der Waals surface area (Å²) in [6.07, 6.45) is 1.25. The van der Waals surface area contributed by atoms with Crippen molar-refractivity contribution in [1.82, 2.24) is 10.2 Å². The van der Waals surface area contributed by atoms with Crippen molar-refractivity contribution in [2.75, 3.05) is 39.6 Å². The molecule has 6 nitrogen and oxygen atoms in total. The quantitative estimate of drug-likeness (QED) is 0.578. The van der Waals surface area contributed by atoms with Gasteiger partial charge in [0.05, 0.1) is 14.2 Å². The van der Waals surface area contributed by atoms with Gasteiger partial charge >= 0.3 is 0 Å². The number of amides is 2. The summed E-state index contributed by atoms with van der Waals surface area (Å²) >= 11 is 1.59. The number of carbonyl (C=O) groups excluding carboxylic acids is 2. The summed E-state index contributed by atoms with van der Waals surface area (Å²) in [6.45, 7) is 1.59. The number of methoxy groups -OCH3 is 2. The van der Waals surface area contributed by atoms with Gasteiger partial charge in [0, 0.05) is 48.7 Å². The number of halogens is 1. The van der Waals surface area contributed by atoms with E-state index >= 15 is 0 Å². The molecular weight excluding hydrogens is 431 g/mol. The number of thioether (sulfide) groups is 1. The minimum atomic E-state index is -0.197. The van der Waals surface area contributed by atoms with Gasteiger partial charge < -0.3 is 19.7 Å². The average molecular weight is 461 g/mol. The fourth-order valence-corrected chi connectivity index (χ4v) is 4.49. The molecule has 1 heterocycles. The van der Waals surface area contributed by atoms with Crippen molar-refractivity contribution < 1.29 is 23.5 Å². The number of nitrogens with one attached hydrogen (secondary N) is 1. The Morgan fingerprint density at radius 1 is 1.09 bits per heavy atom. The van der Waals surface area contributed by atoms with Gasteiger partial charge in [0.2, 0.25) is 5.91 Å². The molecule has 2 amide bonds. The molecule has 1 aliphatic rings. The smallest absolute Gasteiger partial charge is 0.254 e. The molecule has 1 saturated heterocycles. The first-order chi connectivity index (χ1) is 15.5. The van der Waals surface area contributed by atoms with Gasteiger partial charge in [-0.2, -0.15) is 11.8 Å². The number of hydrogen-bond acceptors (Lipinski definition) is 5. The summed E-state index contributed by atoms with van der Waals surface area (Å²) in [6, 6.07) is 11.9. The zero-order chi connectivity index (χ0) is 22.9. The highest BCUT2D eigenvalue weighted by Gasteiger charge is 2.28. The Labute approximate surface area is 192 Å². The predicted molar refractivity (Wildman–Crippen MR) is 124 cm³/mol. The third-order valence-corrected chi connectivity index (χ3v) is 6.52. The topological polar surface area (TPSA) is 67.9 Å². The number of carbonyl (C=O) groups is 2. The van der Waals surface area contributed by atoms with Gasteiger partial charge in [-0.05, 0) is 36.6 Å². The normalized spacial score (nSPS) is 14.2. The number of likely N-dealkylation sites (tertiary alicyclic amines) is 1. The second-order valence-electron chi connectivity index (χ2n) is 7.60. The SMILES string of the molecule is COc1cc(OC)cc(C(=O)N2CCC(C(=O)NCCSCc3ccccc3F)CC2)c1. The molecule has 0 saturated carbocycles. The number of rotatable bonds is 9. The molecule has 172 valence electrons. The van der Waals surface area contributed by atoms with Gasteiger partial charge in [0.25, 0.3) is 5.91 Å². The van der Waals surface area contributed by atoms with Crippen LogP contribution >= 0.6 is 11.8 Å². The molecule has 1 N–H and O–H groups in total. The van der Waals surface area contributed by atoms with Crippen LogP contribution in [0.25, 0.3) is 0 Å². The second kappa shape index (κ2) is 11.8. The highest BCUT2D eigenvalue weighted by molar-refractivity contribution is 7.98. The van der Waals surface area contributed by atoms with Crippen LogP contribution < -0.4 is 14.8 Å². The second-order valence-corrected chi connectivity index (χ2v) is 8.71. The van der Waals surface area contributed by atoms with Crippen LogP contribution in [-0.2, 0) is 10.5 Å². The Balaban J connectivity index is 1.40. The molecule has 0 unspecified atom stereocenters. The molecule has 8 heteroatoms. The predicted octanol–water partition coefficient (Wildman–Crippen LogP) is 3.74. The molecule has 1 fully saturated rings. The van der Waals surface area contributed by atoms with Crippen molar-refractivity contribution in [3.8, 4) is 11.5 Å². The van der Waals surface area contributed by atoms with Gasteiger partial charge in [0.1, 0.15) is 17.3 Å². The van der Waals surface area contributed by atoms with E-state index in [2.05, 4.69) is 5.32 Å². The van der Waals surface area contributed by atoms with E-state index in [1.807, 2.05) is 6.07 Å². The lowest BCUT2D eigenvalue weighted by Gasteiger charge is -2.31. The van der Waals surface area contributed by atoms with E-state index in [1.165, 1.54) is 6.07 Å². The first kappa shape index (κ1) is 23.9. The standard InChI is InChI=1S/C24H29FN2O4S/c1-30-20-13-19(14-21(15-20)31-2)24(29)27-10-7-17(8-11-27)23(28)26-9-12-32-16-18-5-3-4-6-22(18)25/h3-6,13-15,17H,7-12,16H2,1-2H3,(H,26,28). The fourth-order valence-electron chi connectivity index (χ4n) is 3.65. The maximum absolute atomic E-state index is 13.6. The van der Waals surface area contributed by atoms with Crippen LogP contribution in [0.3, 0.4) is 0 Å². The van der Waals surface area contributed by atoms with Crippen molar-refractivity contribution in [3.63, 3.8) is 0 Å². The summed E-state index contributed by atoms with van der Waals surface area (Å²) in [5.74, 6) is 2.06. The van der Waals surface area contributed by atoms with E-state index in [0.29, 0.717) is 60.9 Å². The molecule has 2 aromatic rings. The Hall–Kier alpha value is -2.74. The maximum atomic E-state index is 13.6. The summed E-state index contributed by atoms with van der Waals surface area (Å²) in [7, 11) is 3.09. The van der Waals surface area contributed by atoms with E-state index in [-0.39, 0.29) is 23.5 Å². The highest BCUT2D eigenvalue weighted by atomic mass is 32.2. The van der Waals surface area contributed by atoms with Crippen molar-refractivity contribution in [2.45, 2.75) is 18.6 Å². The van der Waals surface area contributed by atoms with E-state index in [0.717, 1.165) is 5.75 Å².